The van der Waals surface area contributed by atoms with E-state index in [9.17, 15) is 4.79 Å². The van der Waals surface area contributed by atoms with E-state index >= 15 is 0 Å². The summed E-state index contributed by atoms with van der Waals surface area (Å²) < 4.78 is 7.32. The van der Waals surface area contributed by atoms with Gasteiger partial charge in [-0.05, 0) is 39.0 Å². The van der Waals surface area contributed by atoms with Gasteiger partial charge in [0.2, 0.25) is 0 Å². The van der Waals surface area contributed by atoms with Gasteiger partial charge in [-0.1, -0.05) is 0 Å². The van der Waals surface area contributed by atoms with Crippen molar-refractivity contribution in [2.75, 3.05) is 5.32 Å². The Morgan fingerprint density at radius 3 is 2.77 bits per heavy atom. The van der Waals surface area contributed by atoms with E-state index in [1.807, 2.05) is 46.0 Å². The van der Waals surface area contributed by atoms with Gasteiger partial charge in [0.15, 0.2) is 16.4 Å². The smallest absolute Gasteiger partial charge is 0.267 e. The van der Waals surface area contributed by atoms with Crippen LogP contribution in [0.3, 0.4) is 0 Å². The minimum Gasteiger partial charge on any atom is -0.459 e. The van der Waals surface area contributed by atoms with Gasteiger partial charge in [-0.15, -0.1) is 11.3 Å². The van der Waals surface area contributed by atoms with Gasteiger partial charge in [-0.3, -0.25) is 9.48 Å². The van der Waals surface area contributed by atoms with Crippen LogP contribution in [0.2, 0.25) is 0 Å². The first-order valence-corrected chi connectivity index (χ1v) is 8.89. The van der Waals surface area contributed by atoms with E-state index in [0.717, 1.165) is 22.5 Å². The van der Waals surface area contributed by atoms with E-state index in [2.05, 4.69) is 20.4 Å². The molecule has 1 N–H and O–H groups in total. The van der Waals surface area contributed by atoms with Crippen molar-refractivity contribution >= 4 is 34.0 Å². The first kappa shape index (κ1) is 16.5. The van der Waals surface area contributed by atoms with Crippen LogP contribution in [0.4, 0.5) is 5.69 Å². The Morgan fingerprint density at radius 2 is 2.04 bits per heavy atom. The van der Waals surface area contributed by atoms with Crippen LogP contribution in [0.15, 0.2) is 28.8 Å². The number of rotatable bonds is 3. The number of carbonyl (C=O) groups is 1. The van der Waals surface area contributed by atoms with Gasteiger partial charge in [0.1, 0.15) is 10.6 Å². The summed E-state index contributed by atoms with van der Waals surface area (Å²) in [4.78, 5) is 22.1. The molecule has 0 aliphatic rings. The monoisotopic (exact) mass is 367 g/mol. The standard InChI is InChI=1S/C18H17N5O2S/c1-9-5-6-14(25-9)18-20-11(3)15(26-18)17(24)21-12-7-13-10(2)22-23(4)16(13)19-8-12/h5-8H,1-4H3,(H,21,24). The lowest BCUT2D eigenvalue weighted by atomic mass is 10.2. The third-order valence-corrected chi connectivity index (χ3v) is 5.25. The van der Waals surface area contributed by atoms with Crippen LogP contribution in [0.5, 0.6) is 0 Å². The number of thiazole rings is 1. The van der Waals surface area contributed by atoms with Crippen LogP contribution in [0.25, 0.3) is 21.8 Å². The molecule has 1 amide bonds. The molecule has 132 valence electrons. The zero-order chi connectivity index (χ0) is 18.4. The molecule has 0 aromatic carbocycles. The number of nitrogens with zero attached hydrogens (tertiary/aromatic N) is 4. The van der Waals surface area contributed by atoms with Crippen molar-refractivity contribution in [3.8, 4) is 10.8 Å². The highest BCUT2D eigenvalue weighted by Gasteiger charge is 2.18. The van der Waals surface area contributed by atoms with Crippen molar-refractivity contribution in [3.05, 3.63) is 46.4 Å². The summed E-state index contributed by atoms with van der Waals surface area (Å²) in [5, 5.41) is 8.85. The molecule has 7 nitrogen and oxygen atoms in total. The molecule has 0 saturated heterocycles. The number of aromatic nitrogens is 4. The molecule has 0 aliphatic carbocycles. The van der Waals surface area contributed by atoms with E-state index in [-0.39, 0.29) is 5.91 Å². The van der Waals surface area contributed by atoms with Crippen LogP contribution < -0.4 is 5.32 Å². The van der Waals surface area contributed by atoms with E-state index in [4.69, 9.17) is 4.42 Å². The highest BCUT2D eigenvalue weighted by molar-refractivity contribution is 7.17. The molecule has 0 bridgehead atoms. The van der Waals surface area contributed by atoms with E-state index in [1.165, 1.54) is 11.3 Å². The van der Waals surface area contributed by atoms with E-state index < -0.39 is 0 Å². The zero-order valence-electron chi connectivity index (χ0n) is 14.8. The number of nitrogens with one attached hydrogen (secondary N) is 1. The minimum absolute atomic E-state index is 0.211. The summed E-state index contributed by atoms with van der Waals surface area (Å²) in [5.74, 6) is 1.27. The zero-order valence-corrected chi connectivity index (χ0v) is 15.6. The van der Waals surface area contributed by atoms with Gasteiger partial charge in [-0.25, -0.2) is 9.97 Å². The lowest BCUT2D eigenvalue weighted by Crippen LogP contribution is -2.11. The van der Waals surface area contributed by atoms with Crippen molar-refractivity contribution < 1.29 is 9.21 Å². The maximum atomic E-state index is 12.7. The van der Waals surface area contributed by atoms with Crippen molar-refractivity contribution in [2.24, 2.45) is 7.05 Å². The third-order valence-electron chi connectivity index (χ3n) is 4.07. The molecule has 26 heavy (non-hydrogen) atoms. The first-order chi connectivity index (χ1) is 12.4. The molecule has 4 rings (SSSR count). The molecule has 0 aliphatic heterocycles. The number of hydrogen-bond acceptors (Lipinski definition) is 6. The lowest BCUT2D eigenvalue weighted by Gasteiger charge is -2.04. The molecular weight excluding hydrogens is 350 g/mol. The van der Waals surface area contributed by atoms with E-state index in [0.29, 0.717) is 27.0 Å². The molecule has 4 heterocycles. The fourth-order valence-corrected chi connectivity index (χ4v) is 3.75. The molecule has 8 heteroatoms. The SMILES string of the molecule is Cc1ccc(-c2nc(C)c(C(=O)Nc3cnc4c(c3)c(C)nn4C)s2)o1. The molecular formula is C18H17N5O2S. The number of carbonyl (C=O) groups excluding carboxylic acids is 1. The van der Waals surface area contributed by atoms with Crippen LogP contribution >= 0.6 is 11.3 Å². The summed E-state index contributed by atoms with van der Waals surface area (Å²) in [5.41, 5.74) is 2.95. The van der Waals surface area contributed by atoms with Gasteiger partial charge in [0.25, 0.3) is 5.91 Å². The summed E-state index contributed by atoms with van der Waals surface area (Å²) in [6.45, 7) is 5.61. The molecule has 4 aromatic heterocycles. The Labute approximate surface area is 153 Å². The normalized spacial score (nSPS) is 11.2. The molecule has 0 unspecified atom stereocenters. The highest BCUT2D eigenvalue weighted by Crippen LogP contribution is 2.30. The number of fused-ring (bicyclic) bond motifs is 1. The average Bonchev–Trinajstić information content (AvgIpc) is 3.26. The topological polar surface area (TPSA) is 85.8 Å². The number of furan rings is 1. The van der Waals surface area contributed by atoms with Crippen molar-refractivity contribution in [2.45, 2.75) is 20.8 Å². The molecule has 0 fully saturated rings. The van der Waals surface area contributed by atoms with Gasteiger partial charge < -0.3 is 9.73 Å². The second-order valence-corrected chi connectivity index (χ2v) is 7.10. The third kappa shape index (κ3) is 2.78. The van der Waals surface area contributed by atoms with Crippen LogP contribution in [0, 0.1) is 20.8 Å². The summed E-state index contributed by atoms with van der Waals surface area (Å²) in [6.07, 6.45) is 1.63. The Hall–Kier alpha value is -3.00. The van der Waals surface area contributed by atoms with Crippen molar-refractivity contribution in [1.82, 2.24) is 19.7 Å². The Morgan fingerprint density at radius 1 is 1.23 bits per heavy atom. The molecule has 0 spiro atoms. The summed E-state index contributed by atoms with van der Waals surface area (Å²) in [7, 11) is 1.85. The van der Waals surface area contributed by atoms with Crippen LogP contribution in [-0.2, 0) is 7.05 Å². The maximum absolute atomic E-state index is 12.7. The number of hydrogen-bond donors (Lipinski definition) is 1. The first-order valence-electron chi connectivity index (χ1n) is 8.07. The fraction of sp³-hybridized carbons (Fsp3) is 0.222. The van der Waals surface area contributed by atoms with Gasteiger partial charge >= 0.3 is 0 Å². The number of anilines is 1. The molecule has 0 radical (unpaired) electrons. The van der Waals surface area contributed by atoms with Gasteiger partial charge in [-0.2, -0.15) is 5.10 Å². The summed E-state index contributed by atoms with van der Waals surface area (Å²) >= 11 is 1.31. The van der Waals surface area contributed by atoms with Crippen LogP contribution in [-0.4, -0.2) is 25.7 Å². The Kier molecular flexibility index (Phi) is 3.84. The molecule has 4 aromatic rings. The predicted octanol–water partition coefficient (Wildman–Crippen LogP) is 3.86. The second-order valence-electron chi connectivity index (χ2n) is 6.10. The predicted molar refractivity (Wildman–Crippen MR) is 100 cm³/mol. The summed E-state index contributed by atoms with van der Waals surface area (Å²) in [6, 6.07) is 5.62. The number of aryl methyl sites for hydroxylation is 4. The van der Waals surface area contributed by atoms with E-state index in [1.54, 1.807) is 10.9 Å². The number of pyridine rings is 1. The Bertz CT molecular complexity index is 1140. The van der Waals surface area contributed by atoms with Gasteiger partial charge in [0.05, 0.1) is 23.3 Å². The highest BCUT2D eigenvalue weighted by atomic mass is 32.1. The van der Waals surface area contributed by atoms with Crippen LogP contribution in [0.1, 0.15) is 26.8 Å². The van der Waals surface area contributed by atoms with Gasteiger partial charge in [0, 0.05) is 12.4 Å². The minimum atomic E-state index is -0.211. The van der Waals surface area contributed by atoms with Crippen molar-refractivity contribution in [1.29, 1.82) is 0 Å². The molecule has 0 saturated carbocycles. The lowest BCUT2D eigenvalue weighted by molar-refractivity contribution is 0.103. The largest absolute Gasteiger partial charge is 0.459 e. The number of amides is 1. The quantitative estimate of drug-likeness (QED) is 0.594. The second kappa shape index (κ2) is 6.06. The Balaban J connectivity index is 1.62. The average molecular weight is 367 g/mol. The fourth-order valence-electron chi connectivity index (χ4n) is 2.83. The molecule has 0 atom stereocenters. The maximum Gasteiger partial charge on any atom is 0.267 e. The van der Waals surface area contributed by atoms with Crippen molar-refractivity contribution in [3.63, 3.8) is 0 Å².